The van der Waals surface area contributed by atoms with Gasteiger partial charge in [-0.1, -0.05) is 94.2 Å². The van der Waals surface area contributed by atoms with Crippen LogP contribution >= 0.6 is 0 Å². The van der Waals surface area contributed by atoms with Gasteiger partial charge in [-0.3, -0.25) is 0 Å². The number of hydrogen-bond donors (Lipinski definition) is 0. The summed E-state index contributed by atoms with van der Waals surface area (Å²) in [5.74, 6) is 13.9. The molecule has 0 saturated carbocycles. The number of hydrogen-bond acceptors (Lipinski definition) is 2. The van der Waals surface area contributed by atoms with E-state index >= 15 is 0 Å². The standard InChI is InChI=1S/C42H32N2/c1-41(2)35-13-9-12-33-39-32-21-17-28(15-19-30-11-6-8-23-44-30)25-37(32)42(3,4)38(39)26-34(40(33)35)31-20-16-27(24-36(31)41)14-18-29-10-5-7-22-43-29/h5-13,16-17,20-26,32,37H,1-4H3. The van der Waals surface area contributed by atoms with Crippen LogP contribution in [0.15, 0.2) is 115 Å². The predicted molar refractivity (Wildman–Crippen MR) is 179 cm³/mol. The van der Waals surface area contributed by atoms with E-state index in [4.69, 9.17) is 0 Å². The summed E-state index contributed by atoms with van der Waals surface area (Å²) >= 11 is 0. The smallest absolute Gasteiger partial charge is 0.113 e. The molecule has 2 heteroatoms. The van der Waals surface area contributed by atoms with Gasteiger partial charge in [0.2, 0.25) is 0 Å². The van der Waals surface area contributed by atoms with Crippen LogP contribution in [0.3, 0.4) is 0 Å². The molecule has 3 aromatic carbocycles. The van der Waals surface area contributed by atoms with Gasteiger partial charge in [-0.25, -0.2) is 9.97 Å². The molecule has 0 bridgehead atoms. The summed E-state index contributed by atoms with van der Waals surface area (Å²) in [5.41, 5.74) is 11.7. The second kappa shape index (κ2) is 9.67. The lowest BCUT2D eigenvalue weighted by atomic mass is 9.67. The van der Waals surface area contributed by atoms with E-state index in [1.807, 2.05) is 36.4 Å². The Morgan fingerprint density at radius 1 is 0.659 bits per heavy atom. The molecule has 0 aliphatic heterocycles. The maximum atomic E-state index is 4.38. The lowest BCUT2D eigenvalue weighted by Crippen LogP contribution is -2.26. The van der Waals surface area contributed by atoms with E-state index in [0.717, 1.165) is 22.5 Å². The summed E-state index contributed by atoms with van der Waals surface area (Å²) in [6, 6.07) is 27.9. The minimum atomic E-state index is -0.164. The largest absolute Gasteiger partial charge is 0.248 e. The van der Waals surface area contributed by atoms with Gasteiger partial charge in [-0.05, 0) is 110 Å². The monoisotopic (exact) mass is 564 g/mol. The third kappa shape index (κ3) is 3.99. The molecule has 0 radical (unpaired) electrons. The fraction of sp³-hybridized carbons (Fsp3) is 0.190. The predicted octanol–water partition coefficient (Wildman–Crippen LogP) is 8.87. The Balaban J connectivity index is 1.27. The van der Waals surface area contributed by atoms with Gasteiger partial charge < -0.3 is 0 Å². The lowest BCUT2D eigenvalue weighted by Gasteiger charge is -2.36. The van der Waals surface area contributed by atoms with E-state index in [-0.39, 0.29) is 10.8 Å². The first-order chi connectivity index (χ1) is 21.3. The molecule has 2 unspecified atom stereocenters. The van der Waals surface area contributed by atoms with E-state index in [2.05, 4.69) is 122 Å². The molecule has 8 rings (SSSR count). The number of nitrogens with zero attached hydrogens (tertiary/aromatic N) is 2. The Bertz CT molecular complexity index is 2180. The van der Waals surface area contributed by atoms with Crippen LogP contribution in [0.1, 0.15) is 72.8 Å². The van der Waals surface area contributed by atoms with Gasteiger partial charge in [-0.2, -0.15) is 0 Å². The Hall–Kier alpha value is -5.18. The van der Waals surface area contributed by atoms with Gasteiger partial charge in [0, 0.05) is 34.9 Å². The molecular weight excluding hydrogens is 532 g/mol. The molecule has 0 N–H and O–H groups in total. The van der Waals surface area contributed by atoms with Crippen LogP contribution in [-0.2, 0) is 10.8 Å². The highest BCUT2D eigenvalue weighted by Crippen LogP contribution is 2.59. The van der Waals surface area contributed by atoms with Crippen LogP contribution in [0.25, 0.3) is 21.9 Å². The fourth-order valence-corrected chi connectivity index (χ4v) is 7.67. The molecule has 0 spiro atoms. The molecule has 2 heterocycles. The second-order valence-corrected chi connectivity index (χ2v) is 13.2. The third-order valence-corrected chi connectivity index (χ3v) is 9.95. The molecule has 2 nitrogen and oxygen atoms in total. The van der Waals surface area contributed by atoms with Crippen molar-refractivity contribution in [2.45, 2.75) is 44.4 Å². The first kappa shape index (κ1) is 26.4. The summed E-state index contributed by atoms with van der Waals surface area (Å²) in [4.78, 5) is 8.76. The molecule has 0 saturated heterocycles. The highest BCUT2D eigenvalue weighted by atomic mass is 14.7. The van der Waals surface area contributed by atoms with Crippen molar-refractivity contribution >= 4 is 10.8 Å². The fourth-order valence-electron chi connectivity index (χ4n) is 7.67. The lowest BCUT2D eigenvalue weighted by molar-refractivity contribution is 0.393. The van der Waals surface area contributed by atoms with Gasteiger partial charge in [-0.15, -0.1) is 0 Å². The highest BCUT2D eigenvalue weighted by Gasteiger charge is 2.47. The van der Waals surface area contributed by atoms with Crippen LogP contribution in [0.5, 0.6) is 0 Å². The summed E-state index contributed by atoms with van der Waals surface area (Å²) in [7, 11) is 0. The Morgan fingerprint density at radius 2 is 1.41 bits per heavy atom. The van der Waals surface area contributed by atoms with Gasteiger partial charge >= 0.3 is 0 Å². The minimum Gasteiger partial charge on any atom is -0.248 e. The molecule has 2 aromatic heterocycles. The zero-order valence-corrected chi connectivity index (χ0v) is 25.4. The zero-order chi connectivity index (χ0) is 30.1. The van der Waals surface area contributed by atoms with E-state index in [9.17, 15) is 0 Å². The van der Waals surface area contributed by atoms with E-state index < -0.39 is 0 Å². The number of allylic oxidation sites excluding steroid dienone is 4. The van der Waals surface area contributed by atoms with Crippen LogP contribution in [0.2, 0.25) is 0 Å². The molecule has 5 aromatic rings. The third-order valence-electron chi connectivity index (χ3n) is 9.95. The molecule has 0 fully saturated rings. The van der Waals surface area contributed by atoms with Crippen LogP contribution in [-0.4, -0.2) is 9.97 Å². The molecule has 3 aliphatic rings. The first-order valence-corrected chi connectivity index (χ1v) is 15.3. The average molecular weight is 565 g/mol. The van der Waals surface area contributed by atoms with Gasteiger partial charge in [0.1, 0.15) is 11.4 Å². The number of fused-ring (bicyclic) bond motifs is 6. The summed E-state index contributed by atoms with van der Waals surface area (Å²) in [5, 5.41) is 2.78. The Kier molecular flexibility index (Phi) is 5.81. The topological polar surface area (TPSA) is 25.8 Å². The van der Waals surface area contributed by atoms with E-state index in [0.29, 0.717) is 11.8 Å². The van der Waals surface area contributed by atoms with Crippen LogP contribution < -0.4 is 0 Å². The zero-order valence-electron chi connectivity index (χ0n) is 25.4. The number of aromatic nitrogens is 2. The quantitative estimate of drug-likeness (QED) is 0.176. The van der Waals surface area contributed by atoms with E-state index in [1.165, 1.54) is 44.2 Å². The van der Waals surface area contributed by atoms with Crippen molar-refractivity contribution < 1.29 is 0 Å². The second-order valence-electron chi connectivity index (χ2n) is 13.2. The number of benzene rings is 3. The summed E-state index contributed by atoms with van der Waals surface area (Å²) < 4.78 is 0. The van der Waals surface area contributed by atoms with Crippen molar-refractivity contribution in [2.24, 2.45) is 5.92 Å². The van der Waals surface area contributed by atoms with Crippen molar-refractivity contribution in [3.63, 3.8) is 0 Å². The minimum absolute atomic E-state index is 0.0510. The number of rotatable bonds is 0. The SMILES string of the molecule is CC1(C)c2cc(C#Cc3ccccn3)ccc2-c2cc3c(c4cccc1c24)C1C=CC(C#Cc2ccccn2)=CC1C3(C)C. The van der Waals surface area contributed by atoms with Crippen LogP contribution in [0.4, 0.5) is 0 Å². The van der Waals surface area contributed by atoms with Gasteiger partial charge in [0.05, 0.1) is 0 Å². The van der Waals surface area contributed by atoms with Crippen molar-refractivity contribution in [1.29, 1.82) is 0 Å². The van der Waals surface area contributed by atoms with Crippen molar-refractivity contribution in [1.82, 2.24) is 9.97 Å². The van der Waals surface area contributed by atoms with Crippen molar-refractivity contribution in [2.75, 3.05) is 0 Å². The normalized spacial score (nSPS) is 19.4. The Morgan fingerprint density at radius 3 is 2.14 bits per heavy atom. The molecule has 210 valence electrons. The summed E-state index contributed by atoms with van der Waals surface area (Å²) in [6.07, 6.45) is 10.6. The average Bonchev–Trinajstić information content (AvgIpc) is 3.28. The molecule has 0 amide bonds. The molecule has 2 atom stereocenters. The van der Waals surface area contributed by atoms with Gasteiger partial charge in [0.15, 0.2) is 0 Å². The highest BCUT2D eigenvalue weighted by molar-refractivity contribution is 6.06. The van der Waals surface area contributed by atoms with Crippen LogP contribution in [0, 0.1) is 29.6 Å². The number of pyridine rings is 2. The molecule has 3 aliphatic carbocycles. The maximum Gasteiger partial charge on any atom is 0.113 e. The maximum absolute atomic E-state index is 4.38. The van der Waals surface area contributed by atoms with E-state index in [1.54, 1.807) is 12.4 Å². The van der Waals surface area contributed by atoms with Gasteiger partial charge in [0.25, 0.3) is 0 Å². The van der Waals surface area contributed by atoms with Crippen molar-refractivity contribution in [3.8, 4) is 34.8 Å². The molecule has 44 heavy (non-hydrogen) atoms. The molecular formula is C42H32N2. The summed E-state index contributed by atoms with van der Waals surface area (Å²) in [6.45, 7) is 9.52. The van der Waals surface area contributed by atoms with Crippen molar-refractivity contribution in [3.05, 3.63) is 154 Å². The first-order valence-electron chi connectivity index (χ1n) is 15.3. The Labute approximate surface area is 259 Å².